The molecule has 0 amide bonds. The van der Waals surface area contributed by atoms with E-state index < -0.39 is 0 Å². The van der Waals surface area contributed by atoms with Crippen LogP contribution in [0.5, 0.6) is 0 Å². The van der Waals surface area contributed by atoms with E-state index in [0.717, 1.165) is 6.42 Å². The first-order valence-electron chi connectivity index (χ1n) is 20.0. The topological polar surface area (TPSA) is 4.93 Å². The van der Waals surface area contributed by atoms with Gasteiger partial charge in [0.25, 0.3) is 0 Å². The number of hydrogen-bond donors (Lipinski definition) is 0. The van der Waals surface area contributed by atoms with Gasteiger partial charge in [-0.15, -0.1) is 0 Å². The molecule has 0 fully saturated rings. The van der Waals surface area contributed by atoms with Crippen LogP contribution < -0.4 is 4.48 Å². The number of benzene rings is 8. The third-order valence-corrected chi connectivity index (χ3v) is 12.2. The van der Waals surface area contributed by atoms with E-state index in [9.17, 15) is 0 Å². The number of rotatable bonds is 8. The molecule has 8 aromatic carbocycles. The van der Waals surface area contributed by atoms with Crippen LogP contribution in [-0.4, -0.2) is 11.6 Å². The standard InChI is InChI=1S/C54H45N2/c1-4-5-12-38-21-25-39(26-22-38)40-27-31-44(32-28-40)56(3)53-18-11-8-15-47(53)49-36-43(30-34-54(49)56)45-13-6-9-16-50(45)55-51-17-10-7-14-46(51)48-35-42(29-33-52(48)55)41-23-19-37(2)20-24-41/h6-11,13-36H,4-5,12H2,1-3H3/q+1. The van der Waals surface area contributed by atoms with Crippen molar-refractivity contribution in [3.05, 3.63) is 193 Å². The second kappa shape index (κ2) is 13.7. The minimum Gasteiger partial charge on any atom is -0.309 e. The molecule has 2 heteroatoms. The zero-order valence-electron chi connectivity index (χ0n) is 32.3. The van der Waals surface area contributed by atoms with Crippen LogP contribution in [0.3, 0.4) is 0 Å². The molecular formula is C54H45N2+. The van der Waals surface area contributed by atoms with Crippen molar-refractivity contribution < 1.29 is 0 Å². The number of aromatic nitrogens is 1. The summed E-state index contributed by atoms with van der Waals surface area (Å²) in [6, 6.07) is 67.9. The van der Waals surface area contributed by atoms with Crippen molar-refractivity contribution in [2.45, 2.75) is 33.1 Å². The van der Waals surface area contributed by atoms with Crippen LogP contribution in [0.15, 0.2) is 182 Å². The molecule has 2 heterocycles. The largest absolute Gasteiger partial charge is 0.309 e. The normalized spacial score (nSPS) is 14.6. The van der Waals surface area contributed by atoms with E-state index in [0.29, 0.717) is 4.48 Å². The van der Waals surface area contributed by atoms with Crippen LogP contribution in [0.25, 0.3) is 72.0 Å². The summed E-state index contributed by atoms with van der Waals surface area (Å²) in [6.45, 7) is 4.40. The maximum atomic E-state index is 2.46. The molecule has 0 spiro atoms. The van der Waals surface area contributed by atoms with Gasteiger partial charge < -0.3 is 4.57 Å². The first-order chi connectivity index (χ1) is 27.5. The zero-order valence-corrected chi connectivity index (χ0v) is 32.3. The average molecular weight is 722 g/mol. The van der Waals surface area contributed by atoms with Gasteiger partial charge >= 0.3 is 0 Å². The van der Waals surface area contributed by atoms with Gasteiger partial charge in [-0.25, -0.2) is 4.48 Å². The maximum absolute atomic E-state index is 2.46. The number of unbranched alkanes of at least 4 members (excludes halogenated alkanes) is 1. The Morgan fingerprint density at radius 2 is 1.05 bits per heavy atom. The van der Waals surface area contributed by atoms with Crippen LogP contribution in [0.4, 0.5) is 17.1 Å². The molecule has 1 atom stereocenters. The van der Waals surface area contributed by atoms with Crippen LogP contribution >= 0.6 is 0 Å². The summed E-state index contributed by atoms with van der Waals surface area (Å²) in [7, 11) is 2.35. The van der Waals surface area contributed by atoms with Crippen molar-refractivity contribution in [2.75, 3.05) is 7.05 Å². The lowest BCUT2D eigenvalue weighted by Gasteiger charge is -2.30. The molecule has 0 aliphatic carbocycles. The van der Waals surface area contributed by atoms with Crippen molar-refractivity contribution in [3.63, 3.8) is 0 Å². The third-order valence-electron chi connectivity index (χ3n) is 12.2. The summed E-state index contributed by atoms with van der Waals surface area (Å²) in [5.41, 5.74) is 20.1. The van der Waals surface area contributed by atoms with Gasteiger partial charge in [0.15, 0.2) is 11.4 Å². The molecule has 0 saturated heterocycles. The van der Waals surface area contributed by atoms with E-state index in [1.165, 1.54) is 113 Å². The SMILES string of the molecule is CCCCc1ccc(-c2ccc([N+]3(C)c4ccccc4-c4cc(-c5ccccc5-n5c6ccccc6c6cc(-c7ccc(C)cc7)ccc65)ccc43)cc2)cc1. The molecule has 1 aromatic heterocycles. The molecule has 1 aliphatic rings. The molecule has 0 radical (unpaired) electrons. The highest BCUT2D eigenvalue weighted by atomic mass is 15.4. The van der Waals surface area contributed by atoms with Gasteiger partial charge in [0, 0.05) is 46.2 Å². The van der Waals surface area contributed by atoms with Gasteiger partial charge in [0.1, 0.15) is 5.69 Å². The maximum Gasteiger partial charge on any atom is 0.151 e. The lowest BCUT2D eigenvalue weighted by Crippen LogP contribution is -2.31. The smallest absolute Gasteiger partial charge is 0.151 e. The van der Waals surface area contributed by atoms with E-state index in [1.54, 1.807) is 0 Å². The van der Waals surface area contributed by atoms with Crippen molar-refractivity contribution in [1.29, 1.82) is 0 Å². The minimum absolute atomic E-state index is 0.625. The summed E-state index contributed by atoms with van der Waals surface area (Å²) in [5, 5.41) is 2.52. The number of hydrogen-bond acceptors (Lipinski definition) is 0. The van der Waals surface area contributed by atoms with Crippen LogP contribution in [0.1, 0.15) is 30.9 Å². The van der Waals surface area contributed by atoms with Crippen LogP contribution in [0.2, 0.25) is 0 Å². The quantitative estimate of drug-likeness (QED) is 0.138. The molecule has 0 N–H and O–H groups in total. The molecule has 0 bridgehead atoms. The van der Waals surface area contributed by atoms with E-state index in [-0.39, 0.29) is 0 Å². The fraction of sp³-hybridized carbons (Fsp3) is 0.111. The molecule has 2 nitrogen and oxygen atoms in total. The lowest BCUT2D eigenvalue weighted by atomic mass is 9.97. The van der Waals surface area contributed by atoms with E-state index >= 15 is 0 Å². The minimum atomic E-state index is 0.625. The Balaban J connectivity index is 1.06. The lowest BCUT2D eigenvalue weighted by molar-refractivity contribution is 0.643. The third kappa shape index (κ3) is 5.52. The molecule has 9 aromatic rings. The Hall–Kier alpha value is -6.48. The van der Waals surface area contributed by atoms with Crippen LogP contribution in [-0.2, 0) is 6.42 Å². The van der Waals surface area contributed by atoms with E-state index in [4.69, 9.17) is 0 Å². The fourth-order valence-corrected chi connectivity index (χ4v) is 9.08. The number of nitrogens with zero attached hydrogens (tertiary/aromatic N) is 2. The van der Waals surface area contributed by atoms with Gasteiger partial charge in [-0.2, -0.15) is 0 Å². The molecule has 1 aliphatic heterocycles. The first-order valence-corrected chi connectivity index (χ1v) is 20.0. The monoisotopic (exact) mass is 721 g/mol. The van der Waals surface area contributed by atoms with Gasteiger partial charge in [-0.05, 0) is 108 Å². The summed E-state index contributed by atoms with van der Waals surface area (Å²) >= 11 is 0. The summed E-state index contributed by atoms with van der Waals surface area (Å²) in [6.07, 6.45) is 3.60. The van der Waals surface area contributed by atoms with Gasteiger partial charge in [-0.1, -0.05) is 122 Å². The van der Waals surface area contributed by atoms with Gasteiger partial charge in [0.2, 0.25) is 0 Å². The van der Waals surface area contributed by atoms with E-state index in [1.807, 2.05) is 0 Å². The Bertz CT molecular complexity index is 2890. The van der Waals surface area contributed by atoms with Crippen molar-refractivity contribution >= 4 is 38.9 Å². The van der Waals surface area contributed by atoms with Crippen molar-refractivity contribution in [1.82, 2.24) is 9.05 Å². The second-order valence-electron chi connectivity index (χ2n) is 15.6. The summed E-state index contributed by atoms with van der Waals surface area (Å²) in [5.74, 6) is 0. The van der Waals surface area contributed by atoms with Crippen LogP contribution in [0, 0.1) is 6.92 Å². The van der Waals surface area contributed by atoms with Gasteiger partial charge in [0.05, 0.1) is 29.3 Å². The van der Waals surface area contributed by atoms with Gasteiger partial charge in [-0.3, -0.25) is 0 Å². The van der Waals surface area contributed by atoms with E-state index in [2.05, 4.69) is 207 Å². The zero-order chi connectivity index (χ0) is 37.8. The Morgan fingerprint density at radius 1 is 0.464 bits per heavy atom. The molecule has 10 rings (SSSR count). The highest BCUT2D eigenvalue weighted by Crippen LogP contribution is 2.57. The summed E-state index contributed by atoms with van der Waals surface area (Å²) in [4.78, 5) is 0. The molecule has 56 heavy (non-hydrogen) atoms. The highest BCUT2D eigenvalue weighted by molar-refractivity contribution is 6.11. The highest BCUT2D eigenvalue weighted by Gasteiger charge is 2.42. The predicted molar refractivity (Wildman–Crippen MR) is 239 cm³/mol. The fourth-order valence-electron chi connectivity index (χ4n) is 9.08. The first kappa shape index (κ1) is 34.0. The molecule has 270 valence electrons. The number of fused-ring (bicyclic) bond motifs is 6. The number of quaternary nitrogens is 1. The average Bonchev–Trinajstić information content (AvgIpc) is 3.72. The second-order valence-corrected chi connectivity index (χ2v) is 15.6. The predicted octanol–water partition coefficient (Wildman–Crippen LogP) is 15.0. The summed E-state index contributed by atoms with van der Waals surface area (Å²) < 4.78 is 3.08. The Morgan fingerprint density at radius 3 is 1.84 bits per heavy atom. The molecule has 1 unspecified atom stereocenters. The Labute approximate surface area is 330 Å². The number of aryl methyl sites for hydroxylation is 2. The molecular weight excluding hydrogens is 677 g/mol. The number of para-hydroxylation sites is 3. The molecule has 0 saturated carbocycles. The van der Waals surface area contributed by atoms with Crippen molar-refractivity contribution in [3.8, 4) is 50.2 Å². The van der Waals surface area contributed by atoms with Crippen molar-refractivity contribution in [2.24, 2.45) is 0 Å². The Kier molecular flexibility index (Phi) is 8.31.